The highest BCUT2D eigenvalue weighted by molar-refractivity contribution is 8.37. The Kier molecular flexibility index (Phi) is 7.73. The summed E-state index contributed by atoms with van der Waals surface area (Å²) in [4.78, 5) is 14.4. The van der Waals surface area contributed by atoms with Gasteiger partial charge in [-0.15, -0.1) is 12.4 Å². The summed E-state index contributed by atoms with van der Waals surface area (Å²) in [6.45, 7) is 3.72. The van der Waals surface area contributed by atoms with Crippen LogP contribution in [0.1, 0.15) is 5.56 Å². The van der Waals surface area contributed by atoms with Crippen molar-refractivity contribution in [1.29, 1.82) is 0 Å². The number of benzene rings is 2. The fraction of sp³-hybridized carbons (Fsp3) is 0.353. The number of carbonyl (C=O) groups is 1. The summed E-state index contributed by atoms with van der Waals surface area (Å²) in [5.41, 5.74) is 0.618. The second-order valence-corrected chi connectivity index (χ2v) is 8.45. The summed E-state index contributed by atoms with van der Waals surface area (Å²) >= 11 is 8.74. The van der Waals surface area contributed by atoms with Gasteiger partial charge in [0.25, 0.3) is 4.45 Å². The van der Waals surface area contributed by atoms with E-state index in [0.29, 0.717) is 16.3 Å². The molecule has 0 bridgehead atoms. The third-order valence-electron chi connectivity index (χ3n) is 4.07. The molecule has 25 heavy (non-hydrogen) atoms. The van der Waals surface area contributed by atoms with Gasteiger partial charge in [-0.2, -0.15) is 0 Å². The third-order valence-corrected chi connectivity index (χ3v) is 6.43. The summed E-state index contributed by atoms with van der Waals surface area (Å²) in [5.74, 6) is 0.540. The number of halogens is 2. The minimum atomic E-state index is 0. The summed E-state index contributed by atoms with van der Waals surface area (Å²) in [7, 11) is 2.09. The largest absolute Gasteiger partial charge is 0.507 e. The van der Waals surface area contributed by atoms with Crippen LogP contribution in [0.3, 0.4) is 0 Å². The molecule has 0 radical (unpaired) electrons. The Hall–Kier alpha value is -0.630. The monoisotopic (exact) mass is 418 g/mol. The SMILES string of the molecule is CN1CCN(SC(=O)SCc2c(Cl)cc3ccccc3c2O)CC1.Cl. The molecule has 136 valence electrons. The lowest BCUT2D eigenvalue weighted by molar-refractivity contribution is 0.232. The molecular weight excluding hydrogens is 399 g/mol. The van der Waals surface area contributed by atoms with Crippen molar-refractivity contribution in [2.24, 2.45) is 0 Å². The number of piperazine rings is 1. The molecule has 0 atom stereocenters. The van der Waals surface area contributed by atoms with Crippen molar-refractivity contribution in [1.82, 2.24) is 9.21 Å². The average molecular weight is 419 g/mol. The topological polar surface area (TPSA) is 43.8 Å². The van der Waals surface area contributed by atoms with E-state index in [1.807, 2.05) is 30.3 Å². The molecule has 1 aliphatic rings. The van der Waals surface area contributed by atoms with Crippen LogP contribution in [0.25, 0.3) is 10.8 Å². The predicted octanol–water partition coefficient (Wildman–Crippen LogP) is 4.87. The van der Waals surface area contributed by atoms with Gasteiger partial charge in [-0.1, -0.05) is 47.6 Å². The zero-order valence-corrected chi connectivity index (χ0v) is 17.0. The normalized spacial score (nSPS) is 15.9. The molecule has 2 aromatic carbocycles. The molecular formula is C17H20Cl2N2O2S2. The first-order chi connectivity index (χ1) is 11.5. The Morgan fingerprint density at radius 2 is 1.92 bits per heavy atom. The van der Waals surface area contributed by atoms with Gasteiger partial charge in [0.1, 0.15) is 5.75 Å². The van der Waals surface area contributed by atoms with Crippen molar-refractivity contribution in [3.05, 3.63) is 40.9 Å². The van der Waals surface area contributed by atoms with Crippen LogP contribution < -0.4 is 0 Å². The minimum absolute atomic E-state index is 0. The first kappa shape index (κ1) is 20.7. The van der Waals surface area contributed by atoms with Gasteiger partial charge < -0.3 is 10.0 Å². The lowest BCUT2D eigenvalue weighted by Gasteiger charge is -2.30. The van der Waals surface area contributed by atoms with Gasteiger partial charge in [-0.3, -0.25) is 4.79 Å². The highest BCUT2D eigenvalue weighted by atomic mass is 35.5. The molecule has 1 fully saturated rings. The van der Waals surface area contributed by atoms with E-state index in [1.165, 1.54) is 23.7 Å². The molecule has 8 heteroatoms. The van der Waals surface area contributed by atoms with Gasteiger partial charge >= 0.3 is 0 Å². The minimum Gasteiger partial charge on any atom is -0.507 e. The number of hydrogen-bond acceptors (Lipinski definition) is 6. The van der Waals surface area contributed by atoms with Crippen LogP contribution in [0.2, 0.25) is 5.02 Å². The quantitative estimate of drug-likeness (QED) is 0.717. The number of aromatic hydroxyl groups is 1. The number of rotatable bonds is 3. The maximum Gasteiger partial charge on any atom is 0.261 e. The summed E-state index contributed by atoms with van der Waals surface area (Å²) in [6.07, 6.45) is 0. The van der Waals surface area contributed by atoms with Crippen molar-refractivity contribution < 1.29 is 9.90 Å². The van der Waals surface area contributed by atoms with Crippen LogP contribution in [0.15, 0.2) is 30.3 Å². The number of phenolic OH excluding ortho intramolecular Hbond substituents is 1. The maximum atomic E-state index is 12.2. The molecule has 0 aromatic heterocycles. The molecule has 0 saturated carbocycles. The van der Waals surface area contributed by atoms with Gasteiger partial charge in [0, 0.05) is 59.9 Å². The number of thioether (sulfide) groups is 1. The molecule has 0 aliphatic carbocycles. The average Bonchev–Trinajstić information content (AvgIpc) is 2.57. The van der Waals surface area contributed by atoms with E-state index in [1.54, 1.807) is 0 Å². The fourth-order valence-electron chi connectivity index (χ4n) is 2.62. The Balaban J connectivity index is 0.00000225. The summed E-state index contributed by atoms with van der Waals surface area (Å²) in [6, 6.07) is 9.39. The second-order valence-electron chi connectivity index (χ2n) is 5.77. The zero-order chi connectivity index (χ0) is 17.1. The van der Waals surface area contributed by atoms with Gasteiger partial charge in [0.05, 0.1) is 0 Å². The predicted molar refractivity (Wildman–Crippen MR) is 111 cm³/mol. The highest BCUT2D eigenvalue weighted by Crippen LogP contribution is 2.37. The Morgan fingerprint density at radius 3 is 2.64 bits per heavy atom. The standard InChI is InChI=1S/C17H19ClN2O2S2.ClH/c1-19-6-8-20(9-7-19)24-17(22)23-11-14-15(18)10-12-4-2-3-5-13(12)16(14)21;/h2-5,10,21H,6-9,11H2,1H3;1H. The molecule has 0 amide bonds. The lowest BCUT2D eigenvalue weighted by Crippen LogP contribution is -2.41. The van der Waals surface area contributed by atoms with Crippen LogP contribution >= 0.6 is 47.7 Å². The number of phenols is 1. The molecule has 0 spiro atoms. The summed E-state index contributed by atoms with van der Waals surface area (Å²) < 4.78 is 2.13. The molecule has 1 saturated heterocycles. The molecule has 4 nitrogen and oxygen atoms in total. The first-order valence-corrected chi connectivity index (χ1v) is 9.85. The lowest BCUT2D eigenvalue weighted by atomic mass is 10.1. The van der Waals surface area contributed by atoms with Gasteiger partial charge in [0.2, 0.25) is 0 Å². The highest BCUT2D eigenvalue weighted by Gasteiger charge is 2.19. The van der Waals surface area contributed by atoms with E-state index in [4.69, 9.17) is 11.6 Å². The maximum absolute atomic E-state index is 12.2. The van der Waals surface area contributed by atoms with Crippen molar-refractivity contribution in [2.45, 2.75) is 5.75 Å². The van der Waals surface area contributed by atoms with Crippen LogP contribution in [0.4, 0.5) is 4.79 Å². The number of carbonyl (C=O) groups excluding carboxylic acids is 1. The number of nitrogens with zero attached hydrogens (tertiary/aromatic N) is 2. The van der Waals surface area contributed by atoms with Crippen molar-refractivity contribution >= 4 is 62.9 Å². The van der Waals surface area contributed by atoms with Crippen molar-refractivity contribution in [3.63, 3.8) is 0 Å². The first-order valence-electron chi connectivity index (χ1n) is 7.72. The molecule has 1 N–H and O–H groups in total. The molecule has 1 heterocycles. The van der Waals surface area contributed by atoms with E-state index < -0.39 is 0 Å². The molecule has 2 aromatic rings. The molecule has 1 aliphatic heterocycles. The summed E-state index contributed by atoms with van der Waals surface area (Å²) in [5, 5.41) is 12.6. The van der Waals surface area contributed by atoms with E-state index >= 15 is 0 Å². The van der Waals surface area contributed by atoms with E-state index in [0.717, 1.165) is 37.0 Å². The number of fused-ring (bicyclic) bond motifs is 1. The van der Waals surface area contributed by atoms with Gasteiger partial charge in [0.15, 0.2) is 0 Å². The van der Waals surface area contributed by atoms with Crippen LogP contribution in [0, 0.1) is 0 Å². The third kappa shape index (κ3) is 5.18. The van der Waals surface area contributed by atoms with E-state index in [-0.39, 0.29) is 22.6 Å². The smallest absolute Gasteiger partial charge is 0.261 e. The van der Waals surface area contributed by atoms with E-state index in [2.05, 4.69) is 16.3 Å². The number of likely N-dealkylation sites (N-methyl/N-ethyl adjacent to an activating group) is 1. The van der Waals surface area contributed by atoms with Crippen LogP contribution in [-0.2, 0) is 5.75 Å². The fourth-order valence-corrected chi connectivity index (χ4v) is 4.79. The van der Waals surface area contributed by atoms with E-state index in [9.17, 15) is 9.90 Å². The Morgan fingerprint density at radius 1 is 1.24 bits per heavy atom. The van der Waals surface area contributed by atoms with Crippen molar-refractivity contribution in [3.8, 4) is 5.75 Å². The Bertz CT molecular complexity index is 753. The van der Waals surface area contributed by atoms with Crippen LogP contribution in [-0.4, -0.2) is 52.0 Å². The Labute approximate surface area is 167 Å². The van der Waals surface area contributed by atoms with Gasteiger partial charge in [-0.25, -0.2) is 4.31 Å². The molecule has 0 unspecified atom stereocenters. The molecule has 3 rings (SSSR count). The second kappa shape index (κ2) is 9.35. The zero-order valence-electron chi connectivity index (χ0n) is 13.8. The van der Waals surface area contributed by atoms with Crippen LogP contribution in [0.5, 0.6) is 5.75 Å². The van der Waals surface area contributed by atoms with Crippen molar-refractivity contribution in [2.75, 3.05) is 33.2 Å². The van der Waals surface area contributed by atoms with Gasteiger partial charge in [-0.05, 0) is 18.5 Å². The number of hydrogen-bond donors (Lipinski definition) is 1.